The highest BCUT2D eigenvalue weighted by Gasteiger charge is 2.20. The minimum atomic E-state index is -0.253. The summed E-state index contributed by atoms with van der Waals surface area (Å²) in [5, 5.41) is 6.44. The van der Waals surface area contributed by atoms with E-state index in [-0.39, 0.29) is 18.1 Å². The third-order valence-electron chi connectivity index (χ3n) is 3.58. The van der Waals surface area contributed by atoms with Gasteiger partial charge in [-0.05, 0) is 37.6 Å². The standard InChI is InChI=1S/C17H21ClN4O2/c1-10-9-14(16(23)19-3)22-17(20-10)21-11(2)15(24-4)12-5-7-13(18)8-6-12/h5-9,11,15H,1-4H3,(H,19,23)(H,20,21,22). The molecule has 0 aliphatic heterocycles. The number of halogens is 1. The minimum Gasteiger partial charge on any atom is -0.375 e. The number of hydrogen-bond donors (Lipinski definition) is 2. The normalized spacial score (nSPS) is 13.2. The molecule has 0 aliphatic rings. The lowest BCUT2D eigenvalue weighted by Gasteiger charge is -2.24. The number of benzene rings is 1. The quantitative estimate of drug-likeness (QED) is 0.839. The van der Waals surface area contributed by atoms with E-state index in [9.17, 15) is 4.79 Å². The Balaban J connectivity index is 2.21. The van der Waals surface area contributed by atoms with Crippen molar-refractivity contribution in [2.45, 2.75) is 26.0 Å². The van der Waals surface area contributed by atoms with E-state index >= 15 is 0 Å². The van der Waals surface area contributed by atoms with Crippen molar-refractivity contribution >= 4 is 23.5 Å². The van der Waals surface area contributed by atoms with Crippen molar-refractivity contribution in [1.82, 2.24) is 15.3 Å². The van der Waals surface area contributed by atoms with Gasteiger partial charge >= 0.3 is 0 Å². The average Bonchev–Trinajstić information content (AvgIpc) is 2.56. The third kappa shape index (κ3) is 4.43. The number of nitrogens with one attached hydrogen (secondary N) is 2. The number of amides is 1. The average molecular weight is 349 g/mol. The number of rotatable bonds is 6. The second kappa shape index (κ2) is 8.08. The van der Waals surface area contributed by atoms with Gasteiger partial charge in [0.05, 0.1) is 6.04 Å². The molecule has 0 saturated carbocycles. The molecule has 2 N–H and O–H groups in total. The molecule has 2 rings (SSSR count). The molecule has 0 bridgehead atoms. The fraction of sp³-hybridized carbons (Fsp3) is 0.353. The molecule has 1 aromatic heterocycles. The highest BCUT2D eigenvalue weighted by Crippen LogP contribution is 2.24. The molecule has 1 heterocycles. The smallest absolute Gasteiger partial charge is 0.269 e. The third-order valence-corrected chi connectivity index (χ3v) is 3.83. The van der Waals surface area contributed by atoms with Crippen molar-refractivity contribution in [2.75, 3.05) is 19.5 Å². The maximum absolute atomic E-state index is 11.8. The number of carbonyl (C=O) groups is 1. The lowest BCUT2D eigenvalue weighted by atomic mass is 10.0. The Labute approximate surface area is 146 Å². The van der Waals surface area contributed by atoms with E-state index in [0.717, 1.165) is 5.56 Å². The van der Waals surface area contributed by atoms with Crippen LogP contribution in [-0.2, 0) is 4.74 Å². The van der Waals surface area contributed by atoms with Gasteiger partial charge in [0.15, 0.2) is 0 Å². The number of anilines is 1. The Morgan fingerprint density at radius 2 is 1.92 bits per heavy atom. The highest BCUT2D eigenvalue weighted by atomic mass is 35.5. The summed E-state index contributed by atoms with van der Waals surface area (Å²) in [7, 11) is 3.21. The van der Waals surface area contributed by atoms with Crippen LogP contribution in [-0.4, -0.2) is 36.1 Å². The molecular weight excluding hydrogens is 328 g/mol. The molecule has 0 radical (unpaired) electrons. The van der Waals surface area contributed by atoms with Crippen LogP contribution >= 0.6 is 11.6 Å². The largest absolute Gasteiger partial charge is 0.375 e. The molecule has 2 unspecified atom stereocenters. The highest BCUT2D eigenvalue weighted by molar-refractivity contribution is 6.30. The van der Waals surface area contributed by atoms with Crippen LogP contribution in [0.2, 0.25) is 5.02 Å². The molecular formula is C17H21ClN4O2. The fourth-order valence-electron chi connectivity index (χ4n) is 2.44. The van der Waals surface area contributed by atoms with Gasteiger partial charge in [-0.2, -0.15) is 0 Å². The van der Waals surface area contributed by atoms with Crippen LogP contribution in [0.5, 0.6) is 0 Å². The van der Waals surface area contributed by atoms with Crippen molar-refractivity contribution < 1.29 is 9.53 Å². The van der Waals surface area contributed by atoms with E-state index in [4.69, 9.17) is 16.3 Å². The monoisotopic (exact) mass is 348 g/mol. The SMILES string of the molecule is CNC(=O)c1cc(C)nc(NC(C)C(OC)c2ccc(Cl)cc2)n1. The summed E-state index contributed by atoms with van der Waals surface area (Å²) in [6, 6.07) is 9.01. The van der Waals surface area contributed by atoms with Crippen LogP contribution in [0.15, 0.2) is 30.3 Å². The van der Waals surface area contributed by atoms with Gasteiger partial charge in [-0.15, -0.1) is 0 Å². The maximum Gasteiger partial charge on any atom is 0.269 e. The first-order valence-corrected chi connectivity index (χ1v) is 7.95. The fourth-order valence-corrected chi connectivity index (χ4v) is 2.56. The second-order valence-corrected chi connectivity index (χ2v) is 5.87. The number of ether oxygens (including phenoxy) is 1. The van der Waals surface area contributed by atoms with Gasteiger partial charge in [-0.3, -0.25) is 4.79 Å². The van der Waals surface area contributed by atoms with Crippen molar-refractivity contribution in [3.63, 3.8) is 0 Å². The molecule has 0 aliphatic carbocycles. The maximum atomic E-state index is 11.8. The summed E-state index contributed by atoms with van der Waals surface area (Å²) < 4.78 is 5.60. The van der Waals surface area contributed by atoms with Crippen LogP contribution in [0, 0.1) is 6.92 Å². The molecule has 1 aromatic carbocycles. The summed E-state index contributed by atoms with van der Waals surface area (Å²) in [5.74, 6) is 0.134. The summed E-state index contributed by atoms with van der Waals surface area (Å²) in [4.78, 5) is 20.4. The van der Waals surface area contributed by atoms with E-state index in [2.05, 4.69) is 20.6 Å². The predicted octanol–water partition coefficient (Wildman–Crippen LogP) is 2.99. The van der Waals surface area contributed by atoms with Gasteiger partial charge in [0.1, 0.15) is 11.8 Å². The molecule has 128 valence electrons. The Morgan fingerprint density at radius 3 is 2.50 bits per heavy atom. The Morgan fingerprint density at radius 1 is 1.25 bits per heavy atom. The van der Waals surface area contributed by atoms with Gasteiger partial charge in [-0.25, -0.2) is 9.97 Å². The molecule has 0 fully saturated rings. The lowest BCUT2D eigenvalue weighted by molar-refractivity contribution is 0.0905. The van der Waals surface area contributed by atoms with Crippen molar-refractivity contribution in [2.24, 2.45) is 0 Å². The van der Waals surface area contributed by atoms with E-state index in [1.807, 2.05) is 38.1 Å². The van der Waals surface area contributed by atoms with Crippen LogP contribution in [0.3, 0.4) is 0 Å². The summed E-state index contributed by atoms with van der Waals surface area (Å²) in [5.41, 5.74) is 2.01. The topological polar surface area (TPSA) is 76.1 Å². The zero-order valence-corrected chi connectivity index (χ0v) is 14.9. The molecule has 6 nitrogen and oxygen atoms in total. The number of aryl methyl sites for hydroxylation is 1. The zero-order valence-electron chi connectivity index (χ0n) is 14.1. The van der Waals surface area contributed by atoms with Gasteiger partial charge in [-0.1, -0.05) is 23.7 Å². The summed E-state index contributed by atoms with van der Waals surface area (Å²) in [6.45, 7) is 3.78. The van der Waals surface area contributed by atoms with E-state index in [0.29, 0.717) is 22.4 Å². The van der Waals surface area contributed by atoms with Crippen LogP contribution in [0.25, 0.3) is 0 Å². The number of nitrogens with zero attached hydrogens (tertiary/aromatic N) is 2. The second-order valence-electron chi connectivity index (χ2n) is 5.44. The first-order valence-electron chi connectivity index (χ1n) is 7.57. The predicted molar refractivity (Wildman–Crippen MR) is 94.4 cm³/mol. The molecule has 7 heteroatoms. The van der Waals surface area contributed by atoms with Crippen LogP contribution in [0.4, 0.5) is 5.95 Å². The van der Waals surface area contributed by atoms with Crippen molar-refractivity contribution in [3.8, 4) is 0 Å². The Kier molecular flexibility index (Phi) is 6.11. The molecule has 24 heavy (non-hydrogen) atoms. The number of methoxy groups -OCH3 is 1. The Bertz CT molecular complexity index is 706. The van der Waals surface area contributed by atoms with E-state index < -0.39 is 0 Å². The van der Waals surface area contributed by atoms with E-state index in [1.165, 1.54) is 0 Å². The lowest BCUT2D eigenvalue weighted by Crippen LogP contribution is -2.28. The van der Waals surface area contributed by atoms with Gasteiger partial charge in [0, 0.05) is 24.9 Å². The number of aromatic nitrogens is 2. The zero-order chi connectivity index (χ0) is 17.7. The number of carbonyl (C=O) groups excluding carboxylic acids is 1. The van der Waals surface area contributed by atoms with Crippen LogP contribution < -0.4 is 10.6 Å². The van der Waals surface area contributed by atoms with Gasteiger partial charge in [0.25, 0.3) is 5.91 Å². The minimum absolute atomic E-state index is 0.115. The van der Waals surface area contributed by atoms with Gasteiger partial charge in [0.2, 0.25) is 5.95 Å². The summed E-state index contributed by atoms with van der Waals surface area (Å²) in [6.07, 6.45) is -0.213. The van der Waals surface area contributed by atoms with Crippen molar-refractivity contribution in [3.05, 3.63) is 52.3 Å². The first-order chi connectivity index (χ1) is 11.4. The van der Waals surface area contributed by atoms with E-state index in [1.54, 1.807) is 20.2 Å². The van der Waals surface area contributed by atoms with Gasteiger partial charge < -0.3 is 15.4 Å². The number of hydrogen-bond acceptors (Lipinski definition) is 5. The summed E-state index contributed by atoms with van der Waals surface area (Å²) >= 11 is 5.93. The molecule has 0 spiro atoms. The molecule has 1 amide bonds. The first kappa shape index (κ1) is 18.2. The molecule has 2 aromatic rings. The van der Waals surface area contributed by atoms with Crippen LogP contribution in [0.1, 0.15) is 34.8 Å². The molecule has 2 atom stereocenters. The molecule has 0 saturated heterocycles. The Hall–Kier alpha value is -2.18. The van der Waals surface area contributed by atoms with Crippen molar-refractivity contribution in [1.29, 1.82) is 0 Å².